The third kappa shape index (κ3) is 2.12. The third-order valence-corrected chi connectivity index (χ3v) is 2.35. The number of fused-ring (bicyclic) bond motifs is 1. The highest BCUT2D eigenvalue weighted by Crippen LogP contribution is 2.24. The first-order valence-electron chi connectivity index (χ1n) is 5.05. The molecule has 2 rings (SSSR count). The summed E-state index contributed by atoms with van der Waals surface area (Å²) in [6.07, 6.45) is 2.00. The lowest BCUT2D eigenvalue weighted by Gasteiger charge is -1.98. The Morgan fingerprint density at radius 3 is 2.40 bits per heavy atom. The van der Waals surface area contributed by atoms with E-state index in [1.54, 1.807) is 0 Å². The van der Waals surface area contributed by atoms with Crippen molar-refractivity contribution >= 4 is 22.6 Å². The lowest BCUT2D eigenvalue weighted by Crippen LogP contribution is -1.93. The number of aromatic nitrogens is 3. The number of nitrogens with zero attached hydrogens (tertiary/aromatic N) is 3. The van der Waals surface area contributed by atoms with Crippen molar-refractivity contribution in [2.75, 3.05) is 0 Å². The van der Waals surface area contributed by atoms with Gasteiger partial charge < -0.3 is 4.57 Å². The topological polar surface area (TPSA) is 30.7 Å². The molecule has 0 aliphatic rings. The van der Waals surface area contributed by atoms with Crippen LogP contribution >= 0.6 is 11.6 Å². The molecule has 0 radical (unpaired) electrons. The van der Waals surface area contributed by atoms with Crippen LogP contribution in [0.3, 0.4) is 0 Å². The summed E-state index contributed by atoms with van der Waals surface area (Å²) in [6, 6.07) is 0. The van der Waals surface area contributed by atoms with Gasteiger partial charge in [0.25, 0.3) is 0 Å². The zero-order valence-corrected chi connectivity index (χ0v) is 10.6. The SMILES string of the molecule is CC.Cc1nc(Cl)c2c(C)cn(C)c2n1. The highest BCUT2D eigenvalue weighted by molar-refractivity contribution is 6.34. The summed E-state index contributed by atoms with van der Waals surface area (Å²) in [6.45, 7) is 7.85. The van der Waals surface area contributed by atoms with Crippen LogP contribution in [0.15, 0.2) is 6.20 Å². The Kier molecular flexibility index (Phi) is 3.69. The van der Waals surface area contributed by atoms with Gasteiger partial charge in [-0.25, -0.2) is 9.97 Å². The molecule has 0 spiro atoms. The summed E-state index contributed by atoms with van der Waals surface area (Å²) in [7, 11) is 1.96. The van der Waals surface area contributed by atoms with Crippen molar-refractivity contribution in [1.29, 1.82) is 0 Å². The minimum absolute atomic E-state index is 0.542. The van der Waals surface area contributed by atoms with Crippen molar-refractivity contribution in [1.82, 2.24) is 14.5 Å². The van der Waals surface area contributed by atoms with Gasteiger partial charge in [0.1, 0.15) is 16.6 Å². The van der Waals surface area contributed by atoms with E-state index in [-0.39, 0.29) is 0 Å². The van der Waals surface area contributed by atoms with E-state index < -0.39 is 0 Å². The van der Waals surface area contributed by atoms with Gasteiger partial charge in [-0.05, 0) is 19.4 Å². The van der Waals surface area contributed by atoms with Gasteiger partial charge in [0.15, 0.2) is 0 Å². The number of rotatable bonds is 0. The molecule has 0 saturated heterocycles. The molecule has 0 aromatic carbocycles. The largest absolute Gasteiger partial charge is 0.335 e. The van der Waals surface area contributed by atoms with Crippen molar-refractivity contribution in [3.63, 3.8) is 0 Å². The summed E-state index contributed by atoms with van der Waals surface area (Å²) in [5, 5.41) is 1.50. The first-order valence-corrected chi connectivity index (χ1v) is 5.43. The Morgan fingerprint density at radius 1 is 1.20 bits per heavy atom. The minimum atomic E-state index is 0.542. The summed E-state index contributed by atoms with van der Waals surface area (Å²) in [4.78, 5) is 8.44. The molecule has 0 N–H and O–H groups in total. The average molecular weight is 226 g/mol. The fraction of sp³-hybridized carbons (Fsp3) is 0.455. The molecule has 0 atom stereocenters. The predicted octanol–water partition coefficient (Wildman–Crippen LogP) is 3.26. The van der Waals surface area contributed by atoms with Crippen molar-refractivity contribution in [3.05, 3.63) is 22.7 Å². The van der Waals surface area contributed by atoms with Crippen LogP contribution in [0, 0.1) is 13.8 Å². The Labute approximate surface area is 95.1 Å². The van der Waals surface area contributed by atoms with Crippen LogP contribution in [0.2, 0.25) is 5.15 Å². The highest BCUT2D eigenvalue weighted by Gasteiger charge is 2.09. The van der Waals surface area contributed by atoms with Crippen LogP contribution in [0.1, 0.15) is 25.2 Å². The molecule has 2 aromatic rings. The second-order valence-corrected chi connectivity index (χ2v) is 3.54. The Bertz CT molecular complexity index is 474. The van der Waals surface area contributed by atoms with Gasteiger partial charge in [0, 0.05) is 13.2 Å². The second kappa shape index (κ2) is 4.62. The monoisotopic (exact) mass is 225 g/mol. The first-order chi connectivity index (χ1) is 7.09. The predicted molar refractivity (Wildman–Crippen MR) is 64.3 cm³/mol. The average Bonchev–Trinajstić information content (AvgIpc) is 2.45. The van der Waals surface area contributed by atoms with Crippen molar-refractivity contribution in [2.24, 2.45) is 7.05 Å². The molecule has 0 aliphatic heterocycles. The van der Waals surface area contributed by atoms with Gasteiger partial charge in [-0.1, -0.05) is 25.4 Å². The maximum Gasteiger partial charge on any atom is 0.145 e. The van der Waals surface area contributed by atoms with E-state index in [1.807, 2.05) is 45.5 Å². The van der Waals surface area contributed by atoms with Crippen LogP contribution in [0.4, 0.5) is 0 Å². The highest BCUT2D eigenvalue weighted by atomic mass is 35.5. The van der Waals surface area contributed by atoms with Crippen LogP contribution < -0.4 is 0 Å². The molecule has 3 nitrogen and oxygen atoms in total. The zero-order chi connectivity index (χ0) is 11.6. The Morgan fingerprint density at radius 2 is 1.80 bits per heavy atom. The molecule has 0 fully saturated rings. The van der Waals surface area contributed by atoms with Crippen molar-refractivity contribution in [2.45, 2.75) is 27.7 Å². The minimum Gasteiger partial charge on any atom is -0.335 e. The zero-order valence-electron chi connectivity index (χ0n) is 9.80. The van der Waals surface area contributed by atoms with E-state index in [9.17, 15) is 0 Å². The summed E-state index contributed by atoms with van der Waals surface area (Å²) in [5.74, 6) is 0.707. The standard InChI is InChI=1S/C9H10ClN3.C2H6/c1-5-4-13(3)9-7(5)8(10)11-6(2)12-9;1-2/h4H,1-3H3;1-2H3. The molecule has 0 aliphatic carbocycles. The molecular formula is C11H16ClN3. The Balaban J connectivity index is 0.000000531. The summed E-state index contributed by atoms with van der Waals surface area (Å²) >= 11 is 6.02. The molecule has 2 aromatic heterocycles. The van der Waals surface area contributed by atoms with Gasteiger partial charge in [0.2, 0.25) is 0 Å². The number of halogens is 1. The molecule has 15 heavy (non-hydrogen) atoms. The summed E-state index contributed by atoms with van der Waals surface area (Å²) in [5.41, 5.74) is 2.01. The fourth-order valence-electron chi connectivity index (χ4n) is 1.53. The Hall–Kier alpha value is -1.09. The van der Waals surface area contributed by atoms with Crippen LogP contribution in [0.5, 0.6) is 0 Å². The van der Waals surface area contributed by atoms with E-state index in [2.05, 4.69) is 9.97 Å². The molecule has 0 unspecified atom stereocenters. The molecule has 0 amide bonds. The fourth-order valence-corrected chi connectivity index (χ4v) is 1.89. The van der Waals surface area contributed by atoms with Crippen molar-refractivity contribution < 1.29 is 0 Å². The van der Waals surface area contributed by atoms with Crippen LogP contribution in [-0.2, 0) is 7.05 Å². The molecule has 4 heteroatoms. The molecule has 2 heterocycles. The first kappa shape index (κ1) is 12.0. The van der Waals surface area contributed by atoms with Gasteiger partial charge in [-0.3, -0.25) is 0 Å². The molecule has 0 bridgehead atoms. The second-order valence-electron chi connectivity index (χ2n) is 3.18. The summed E-state index contributed by atoms with van der Waals surface area (Å²) < 4.78 is 1.96. The smallest absolute Gasteiger partial charge is 0.145 e. The normalized spacial score (nSPS) is 10.0. The molecule has 82 valence electrons. The van der Waals surface area contributed by atoms with E-state index >= 15 is 0 Å². The number of hydrogen-bond donors (Lipinski definition) is 0. The van der Waals surface area contributed by atoms with Crippen molar-refractivity contribution in [3.8, 4) is 0 Å². The molecule has 0 saturated carbocycles. The maximum absolute atomic E-state index is 6.02. The number of hydrogen-bond acceptors (Lipinski definition) is 2. The molecular weight excluding hydrogens is 210 g/mol. The maximum atomic E-state index is 6.02. The quantitative estimate of drug-likeness (QED) is 0.645. The van der Waals surface area contributed by atoms with Gasteiger partial charge in [-0.2, -0.15) is 0 Å². The lowest BCUT2D eigenvalue weighted by molar-refractivity contribution is 0.929. The van der Waals surface area contributed by atoms with Gasteiger partial charge >= 0.3 is 0 Å². The lowest BCUT2D eigenvalue weighted by atomic mass is 10.3. The van der Waals surface area contributed by atoms with E-state index in [0.29, 0.717) is 11.0 Å². The van der Waals surface area contributed by atoms with Gasteiger partial charge in [-0.15, -0.1) is 0 Å². The number of aryl methyl sites for hydroxylation is 3. The van der Waals surface area contributed by atoms with Gasteiger partial charge in [0.05, 0.1) is 5.39 Å². The third-order valence-electron chi connectivity index (χ3n) is 2.07. The van der Waals surface area contributed by atoms with E-state index in [1.165, 1.54) is 0 Å². The van der Waals surface area contributed by atoms with Crippen LogP contribution in [0.25, 0.3) is 11.0 Å². The van der Waals surface area contributed by atoms with Crippen LogP contribution in [-0.4, -0.2) is 14.5 Å². The van der Waals surface area contributed by atoms with E-state index in [4.69, 9.17) is 11.6 Å². The van der Waals surface area contributed by atoms with E-state index in [0.717, 1.165) is 16.6 Å².